The van der Waals surface area contributed by atoms with Gasteiger partial charge in [-0.15, -0.1) is 0 Å². The van der Waals surface area contributed by atoms with Crippen molar-refractivity contribution >= 4 is 45.5 Å². The summed E-state index contributed by atoms with van der Waals surface area (Å²) in [7, 11) is 0. The number of fused-ring (bicyclic) bond motifs is 1. The minimum atomic E-state index is -0.847. The van der Waals surface area contributed by atoms with Gasteiger partial charge in [-0.1, -0.05) is 35.3 Å². The largest absolute Gasteiger partial charge is 0.452 e. The first-order valence-corrected chi connectivity index (χ1v) is 9.64. The van der Waals surface area contributed by atoms with Gasteiger partial charge in [0.25, 0.3) is 5.69 Å². The molecule has 11 heteroatoms. The summed E-state index contributed by atoms with van der Waals surface area (Å²) in [6.07, 6.45) is 0. The Bertz CT molecular complexity index is 1470. The number of benzene rings is 3. The number of ether oxygens (including phenoxy) is 1. The van der Waals surface area contributed by atoms with E-state index in [-0.39, 0.29) is 38.8 Å². The first kappa shape index (κ1) is 21.3. The second-order valence-corrected chi connectivity index (χ2v) is 7.32. The van der Waals surface area contributed by atoms with E-state index in [1.807, 2.05) is 0 Å². The Kier molecular flexibility index (Phi) is 5.52. The van der Waals surface area contributed by atoms with Crippen LogP contribution in [0.5, 0.6) is 11.5 Å². The van der Waals surface area contributed by atoms with Gasteiger partial charge in [0.2, 0.25) is 16.9 Å². The van der Waals surface area contributed by atoms with Crippen molar-refractivity contribution in [2.75, 3.05) is 0 Å². The number of rotatable bonds is 5. The smallest absolute Gasteiger partial charge is 0.318 e. The molecule has 0 atom stereocenters. The number of nitro benzene ring substituents is 2. The molecule has 0 radical (unpaired) electrons. The Balaban J connectivity index is 1.98. The number of nitro groups is 2. The van der Waals surface area contributed by atoms with Gasteiger partial charge in [0.05, 0.1) is 26.3 Å². The van der Waals surface area contributed by atoms with E-state index in [1.54, 1.807) is 18.2 Å². The summed E-state index contributed by atoms with van der Waals surface area (Å²) < 4.78 is 11.5. The topological polar surface area (TPSA) is 126 Å². The van der Waals surface area contributed by atoms with Gasteiger partial charge < -0.3 is 9.15 Å². The number of hydrogen-bond acceptors (Lipinski definition) is 7. The van der Waals surface area contributed by atoms with Gasteiger partial charge >= 0.3 is 5.69 Å². The fourth-order valence-corrected chi connectivity index (χ4v) is 3.52. The molecular formula is C21H10Cl2N2O7. The van der Waals surface area contributed by atoms with Crippen molar-refractivity contribution in [1.29, 1.82) is 0 Å². The van der Waals surface area contributed by atoms with E-state index in [0.717, 1.165) is 18.2 Å². The lowest BCUT2D eigenvalue weighted by Crippen LogP contribution is -2.08. The van der Waals surface area contributed by atoms with E-state index >= 15 is 0 Å². The molecule has 0 saturated heterocycles. The third kappa shape index (κ3) is 3.86. The first-order chi connectivity index (χ1) is 15.3. The molecule has 0 aliphatic heterocycles. The van der Waals surface area contributed by atoms with Crippen molar-refractivity contribution in [3.8, 4) is 22.8 Å². The van der Waals surface area contributed by atoms with Gasteiger partial charge in [0.1, 0.15) is 5.58 Å². The van der Waals surface area contributed by atoms with Crippen LogP contribution in [0.4, 0.5) is 11.4 Å². The Hall–Kier alpha value is -3.95. The van der Waals surface area contributed by atoms with E-state index in [9.17, 15) is 25.0 Å². The van der Waals surface area contributed by atoms with Gasteiger partial charge in [-0.3, -0.25) is 25.0 Å². The van der Waals surface area contributed by atoms with Crippen LogP contribution in [0.2, 0.25) is 10.0 Å². The highest BCUT2D eigenvalue weighted by molar-refractivity contribution is 6.36. The van der Waals surface area contributed by atoms with Crippen molar-refractivity contribution in [1.82, 2.24) is 0 Å². The van der Waals surface area contributed by atoms with Gasteiger partial charge in [0, 0.05) is 16.7 Å². The molecule has 1 aromatic heterocycles. The third-order valence-corrected chi connectivity index (χ3v) is 5.04. The molecule has 4 rings (SSSR count). The molecule has 32 heavy (non-hydrogen) atoms. The summed E-state index contributed by atoms with van der Waals surface area (Å²) >= 11 is 12.3. The highest BCUT2D eigenvalue weighted by Gasteiger charge is 2.26. The highest BCUT2D eigenvalue weighted by Crippen LogP contribution is 2.40. The Labute approximate surface area is 188 Å². The molecule has 4 aromatic rings. The van der Waals surface area contributed by atoms with Crippen molar-refractivity contribution in [3.05, 3.63) is 101 Å². The molecule has 0 amide bonds. The monoisotopic (exact) mass is 472 g/mol. The molecule has 0 aliphatic rings. The van der Waals surface area contributed by atoms with Crippen molar-refractivity contribution < 1.29 is 19.0 Å². The molecule has 9 nitrogen and oxygen atoms in total. The molecule has 3 aromatic carbocycles. The van der Waals surface area contributed by atoms with Gasteiger partial charge in [0.15, 0.2) is 5.76 Å². The number of non-ortho nitro benzene ring substituents is 1. The second-order valence-electron chi connectivity index (χ2n) is 6.48. The van der Waals surface area contributed by atoms with E-state index in [0.29, 0.717) is 5.02 Å². The molecule has 0 bridgehead atoms. The Morgan fingerprint density at radius 1 is 0.906 bits per heavy atom. The van der Waals surface area contributed by atoms with E-state index < -0.39 is 26.7 Å². The number of nitrogens with zero attached hydrogens (tertiary/aromatic N) is 2. The lowest BCUT2D eigenvalue weighted by Gasteiger charge is -2.12. The van der Waals surface area contributed by atoms with E-state index in [1.165, 1.54) is 24.3 Å². The lowest BCUT2D eigenvalue weighted by atomic mass is 10.1. The fraction of sp³-hybridized carbons (Fsp3) is 0. The molecule has 0 unspecified atom stereocenters. The summed E-state index contributed by atoms with van der Waals surface area (Å²) in [5.41, 5.74) is -1.31. The van der Waals surface area contributed by atoms with Crippen LogP contribution in [0.3, 0.4) is 0 Å². The summed E-state index contributed by atoms with van der Waals surface area (Å²) in [6.45, 7) is 0. The molecule has 0 saturated carbocycles. The highest BCUT2D eigenvalue weighted by atomic mass is 35.5. The minimum absolute atomic E-state index is 0.0805. The van der Waals surface area contributed by atoms with Crippen molar-refractivity contribution in [3.63, 3.8) is 0 Å². The molecule has 0 fully saturated rings. The van der Waals surface area contributed by atoms with Crippen LogP contribution in [0.15, 0.2) is 69.9 Å². The summed E-state index contributed by atoms with van der Waals surface area (Å²) in [5.74, 6) is -0.831. The third-order valence-electron chi connectivity index (χ3n) is 4.49. The normalized spacial score (nSPS) is 10.8. The van der Waals surface area contributed by atoms with E-state index in [4.69, 9.17) is 32.4 Å². The van der Waals surface area contributed by atoms with Crippen molar-refractivity contribution in [2.45, 2.75) is 0 Å². The van der Waals surface area contributed by atoms with Crippen LogP contribution in [0, 0.1) is 20.2 Å². The number of halogens is 2. The molecule has 0 N–H and O–H groups in total. The quantitative estimate of drug-likeness (QED) is 0.243. The Morgan fingerprint density at radius 3 is 2.34 bits per heavy atom. The SMILES string of the molecule is O=c1c(Oc2ccc([N+](=O)[O-])cc2[N+](=O)[O-])c(-c2ccc(Cl)cc2Cl)oc2ccccc12. The van der Waals surface area contributed by atoms with Crippen LogP contribution >= 0.6 is 23.2 Å². The van der Waals surface area contributed by atoms with Crippen LogP contribution in [0.1, 0.15) is 0 Å². The molecule has 1 heterocycles. The molecule has 0 aliphatic carbocycles. The maximum Gasteiger partial charge on any atom is 0.318 e. The zero-order chi connectivity index (χ0) is 23.0. The standard InChI is InChI=1S/C21H10Cl2N2O7/c22-11-5-7-13(15(23)9-11)20-21(19(26)14-3-1-2-4-17(14)31-20)32-18-8-6-12(24(27)28)10-16(18)25(29)30/h1-10H. The average Bonchev–Trinajstić information content (AvgIpc) is 2.75. The molecule has 160 valence electrons. The van der Waals surface area contributed by atoms with Crippen molar-refractivity contribution in [2.24, 2.45) is 0 Å². The molecule has 0 spiro atoms. The maximum atomic E-state index is 13.2. The molecular weight excluding hydrogens is 463 g/mol. The van der Waals surface area contributed by atoms with Gasteiger partial charge in [-0.25, -0.2) is 0 Å². The maximum absolute atomic E-state index is 13.2. The van der Waals surface area contributed by atoms with Crippen LogP contribution in [0.25, 0.3) is 22.3 Å². The predicted octanol–water partition coefficient (Wildman–Crippen LogP) is 6.38. The summed E-state index contributed by atoms with van der Waals surface area (Å²) in [5, 5.41) is 23.2. The second kappa shape index (κ2) is 8.29. The van der Waals surface area contributed by atoms with E-state index in [2.05, 4.69) is 0 Å². The Morgan fingerprint density at radius 2 is 1.66 bits per heavy atom. The zero-order valence-corrected chi connectivity index (χ0v) is 17.3. The van der Waals surface area contributed by atoms with Crippen LogP contribution in [-0.4, -0.2) is 9.85 Å². The fourth-order valence-electron chi connectivity index (χ4n) is 3.03. The lowest BCUT2D eigenvalue weighted by molar-refractivity contribution is -0.394. The number of para-hydroxylation sites is 1. The van der Waals surface area contributed by atoms with Crippen LogP contribution < -0.4 is 10.2 Å². The average molecular weight is 473 g/mol. The summed E-state index contributed by atoms with van der Waals surface area (Å²) in [4.78, 5) is 34.1. The summed E-state index contributed by atoms with van der Waals surface area (Å²) in [6, 6.07) is 13.6. The van der Waals surface area contributed by atoms with Gasteiger partial charge in [-0.2, -0.15) is 0 Å². The predicted molar refractivity (Wildman–Crippen MR) is 118 cm³/mol. The minimum Gasteiger partial charge on any atom is -0.452 e. The zero-order valence-electron chi connectivity index (χ0n) is 15.8. The first-order valence-electron chi connectivity index (χ1n) is 8.88. The number of hydrogen-bond donors (Lipinski definition) is 0. The van der Waals surface area contributed by atoms with Gasteiger partial charge in [-0.05, 0) is 36.4 Å². The van der Waals surface area contributed by atoms with Crippen LogP contribution in [-0.2, 0) is 0 Å².